The fraction of sp³-hybridized carbons (Fsp3) is 0.556. The summed E-state index contributed by atoms with van der Waals surface area (Å²) in [7, 11) is 0. The summed E-state index contributed by atoms with van der Waals surface area (Å²) < 4.78 is 0. The second-order valence-electron chi connectivity index (χ2n) is 7.09. The molecule has 1 aliphatic heterocycles. The molecule has 7 nitrogen and oxygen atoms in total. The number of carboxylic acids is 1. The molecule has 7 heteroatoms. The first-order valence-corrected chi connectivity index (χ1v) is 8.51. The number of piperidine rings is 1. The lowest BCUT2D eigenvalue weighted by molar-refractivity contribution is -0.138. The summed E-state index contributed by atoms with van der Waals surface area (Å²) in [6.07, 6.45) is 5.01. The topological polar surface area (TPSA) is 99.6 Å². The number of aromatic nitrogens is 1. The first kappa shape index (κ1) is 18.9. The van der Waals surface area contributed by atoms with Gasteiger partial charge >= 0.3 is 5.97 Å². The molecule has 0 bridgehead atoms. The van der Waals surface area contributed by atoms with Crippen LogP contribution in [0, 0.1) is 5.92 Å². The third-order valence-electron chi connectivity index (χ3n) is 4.43. The quantitative estimate of drug-likeness (QED) is 0.816. The van der Waals surface area contributed by atoms with Gasteiger partial charge in [-0.1, -0.05) is 0 Å². The van der Waals surface area contributed by atoms with Crippen molar-refractivity contribution in [2.75, 3.05) is 13.1 Å². The van der Waals surface area contributed by atoms with Gasteiger partial charge in [-0.2, -0.15) is 0 Å². The van der Waals surface area contributed by atoms with Crippen LogP contribution in [-0.4, -0.2) is 51.4 Å². The number of likely N-dealkylation sites (tertiary alicyclic amines) is 1. The first-order valence-electron chi connectivity index (χ1n) is 8.51. The molecule has 1 aromatic rings. The first-order chi connectivity index (χ1) is 11.8. The van der Waals surface area contributed by atoms with Gasteiger partial charge in [-0.05, 0) is 45.2 Å². The molecular formula is C18H25N3O4. The van der Waals surface area contributed by atoms with E-state index in [1.165, 1.54) is 0 Å². The summed E-state index contributed by atoms with van der Waals surface area (Å²) in [6.45, 7) is 4.64. The van der Waals surface area contributed by atoms with Crippen LogP contribution in [0.25, 0.3) is 0 Å². The predicted octanol–water partition coefficient (Wildman–Crippen LogP) is 1.69. The van der Waals surface area contributed by atoms with E-state index in [0.717, 1.165) is 12.8 Å². The molecule has 2 heterocycles. The van der Waals surface area contributed by atoms with E-state index in [1.54, 1.807) is 29.4 Å². The SMILES string of the molecule is CC(C)(CCC(=O)O)NC(=O)C1CCCN(C(=O)c2ccncc2)C1. The van der Waals surface area contributed by atoms with Gasteiger partial charge in [0, 0.05) is 43.0 Å². The van der Waals surface area contributed by atoms with Crippen molar-refractivity contribution in [3.63, 3.8) is 0 Å². The molecule has 1 unspecified atom stereocenters. The van der Waals surface area contributed by atoms with Gasteiger partial charge in [-0.25, -0.2) is 0 Å². The summed E-state index contributed by atoms with van der Waals surface area (Å²) in [5.74, 6) is -1.37. The summed E-state index contributed by atoms with van der Waals surface area (Å²) >= 11 is 0. The van der Waals surface area contributed by atoms with E-state index in [1.807, 2.05) is 13.8 Å². The third-order valence-corrected chi connectivity index (χ3v) is 4.43. The van der Waals surface area contributed by atoms with Crippen LogP contribution in [0.4, 0.5) is 0 Å². The normalized spacial score (nSPS) is 17.8. The Morgan fingerprint density at radius 1 is 1.32 bits per heavy atom. The number of carbonyl (C=O) groups is 3. The maximum atomic E-state index is 12.6. The van der Waals surface area contributed by atoms with E-state index >= 15 is 0 Å². The highest BCUT2D eigenvalue weighted by molar-refractivity contribution is 5.94. The third kappa shape index (κ3) is 5.55. The van der Waals surface area contributed by atoms with E-state index in [4.69, 9.17) is 5.11 Å². The van der Waals surface area contributed by atoms with Crippen molar-refractivity contribution in [1.82, 2.24) is 15.2 Å². The van der Waals surface area contributed by atoms with Gasteiger partial charge in [0.15, 0.2) is 0 Å². The van der Waals surface area contributed by atoms with Crippen LogP contribution in [0.2, 0.25) is 0 Å². The van der Waals surface area contributed by atoms with E-state index in [2.05, 4.69) is 10.3 Å². The Balaban J connectivity index is 1.95. The van der Waals surface area contributed by atoms with Gasteiger partial charge < -0.3 is 15.3 Å². The van der Waals surface area contributed by atoms with Crippen molar-refractivity contribution in [2.24, 2.45) is 5.92 Å². The van der Waals surface area contributed by atoms with Crippen molar-refractivity contribution in [3.8, 4) is 0 Å². The van der Waals surface area contributed by atoms with Crippen molar-refractivity contribution in [3.05, 3.63) is 30.1 Å². The highest BCUT2D eigenvalue weighted by atomic mass is 16.4. The standard InChI is InChI=1S/C18H25N3O4/c1-18(2,8-5-15(22)23)20-16(24)14-4-3-11-21(12-14)17(25)13-6-9-19-10-7-13/h6-7,9-10,14H,3-5,8,11-12H2,1-2H3,(H,20,24)(H,22,23). The summed E-state index contributed by atoms with van der Waals surface area (Å²) in [5, 5.41) is 11.7. The second kappa shape index (κ2) is 8.09. The minimum Gasteiger partial charge on any atom is -0.481 e. The van der Waals surface area contributed by atoms with Crippen molar-refractivity contribution >= 4 is 17.8 Å². The van der Waals surface area contributed by atoms with E-state index < -0.39 is 11.5 Å². The zero-order valence-electron chi connectivity index (χ0n) is 14.7. The zero-order chi connectivity index (χ0) is 18.4. The molecule has 1 aromatic heterocycles. The molecular weight excluding hydrogens is 322 g/mol. The lowest BCUT2D eigenvalue weighted by Gasteiger charge is -2.34. The van der Waals surface area contributed by atoms with Crippen molar-refractivity contribution < 1.29 is 19.5 Å². The van der Waals surface area contributed by atoms with E-state index in [9.17, 15) is 14.4 Å². The van der Waals surface area contributed by atoms with Gasteiger partial charge in [-0.15, -0.1) is 0 Å². The molecule has 2 rings (SSSR count). The molecule has 25 heavy (non-hydrogen) atoms. The average molecular weight is 347 g/mol. The highest BCUT2D eigenvalue weighted by Crippen LogP contribution is 2.21. The number of amides is 2. The maximum absolute atomic E-state index is 12.6. The Morgan fingerprint density at radius 3 is 2.64 bits per heavy atom. The van der Waals surface area contributed by atoms with Gasteiger partial charge in [-0.3, -0.25) is 19.4 Å². The van der Waals surface area contributed by atoms with Gasteiger partial charge in [0.05, 0.1) is 5.92 Å². The maximum Gasteiger partial charge on any atom is 0.303 e. The number of pyridine rings is 1. The number of carbonyl (C=O) groups excluding carboxylic acids is 2. The van der Waals surface area contributed by atoms with Crippen LogP contribution in [0.3, 0.4) is 0 Å². The average Bonchev–Trinajstić information content (AvgIpc) is 2.60. The molecule has 0 aromatic carbocycles. The van der Waals surface area contributed by atoms with Gasteiger partial charge in [0.1, 0.15) is 0 Å². The fourth-order valence-electron chi connectivity index (χ4n) is 2.97. The lowest BCUT2D eigenvalue weighted by Crippen LogP contribution is -2.51. The van der Waals surface area contributed by atoms with Gasteiger partial charge in [0.25, 0.3) is 5.91 Å². The largest absolute Gasteiger partial charge is 0.481 e. The Morgan fingerprint density at radius 2 is 2.00 bits per heavy atom. The predicted molar refractivity (Wildman–Crippen MR) is 92.0 cm³/mol. The van der Waals surface area contributed by atoms with E-state index in [0.29, 0.717) is 25.1 Å². The number of nitrogens with zero attached hydrogens (tertiary/aromatic N) is 2. The fourth-order valence-corrected chi connectivity index (χ4v) is 2.97. The summed E-state index contributed by atoms with van der Waals surface area (Å²) in [4.78, 5) is 41.4. The number of rotatable bonds is 6. The highest BCUT2D eigenvalue weighted by Gasteiger charge is 2.31. The smallest absolute Gasteiger partial charge is 0.303 e. The molecule has 1 saturated heterocycles. The van der Waals surface area contributed by atoms with Crippen molar-refractivity contribution in [1.29, 1.82) is 0 Å². The zero-order valence-corrected chi connectivity index (χ0v) is 14.7. The summed E-state index contributed by atoms with van der Waals surface area (Å²) in [6, 6.07) is 3.34. The molecule has 1 aliphatic rings. The molecule has 0 saturated carbocycles. The Hall–Kier alpha value is -2.44. The number of carboxylic acid groups (broad SMARTS) is 1. The molecule has 2 amide bonds. The van der Waals surface area contributed by atoms with Crippen LogP contribution in [0.5, 0.6) is 0 Å². The van der Waals surface area contributed by atoms with E-state index in [-0.39, 0.29) is 24.2 Å². The molecule has 0 spiro atoms. The molecule has 1 fully saturated rings. The van der Waals surface area contributed by atoms with Crippen molar-refractivity contribution in [2.45, 2.75) is 45.1 Å². The molecule has 2 N–H and O–H groups in total. The van der Waals surface area contributed by atoms with Crippen LogP contribution < -0.4 is 5.32 Å². The lowest BCUT2D eigenvalue weighted by atomic mass is 9.93. The molecule has 0 radical (unpaired) electrons. The minimum absolute atomic E-state index is 0.00456. The Bertz CT molecular complexity index is 630. The molecule has 1 atom stereocenters. The van der Waals surface area contributed by atoms with Crippen LogP contribution in [0.15, 0.2) is 24.5 Å². The molecule has 0 aliphatic carbocycles. The van der Waals surface area contributed by atoms with Crippen LogP contribution in [-0.2, 0) is 9.59 Å². The number of nitrogens with one attached hydrogen (secondary N) is 1. The minimum atomic E-state index is -0.880. The molecule has 136 valence electrons. The van der Waals surface area contributed by atoms with Crippen LogP contribution in [0.1, 0.15) is 49.9 Å². The number of hydrogen-bond donors (Lipinski definition) is 2. The Kier molecular flexibility index (Phi) is 6.12. The van der Waals surface area contributed by atoms with Gasteiger partial charge in [0.2, 0.25) is 5.91 Å². The number of hydrogen-bond acceptors (Lipinski definition) is 4. The Labute approximate surface area is 147 Å². The summed E-state index contributed by atoms with van der Waals surface area (Å²) in [5.41, 5.74) is -0.0230. The number of aliphatic carboxylic acids is 1. The van der Waals surface area contributed by atoms with Crippen LogP contribution >= 0.6 is 0 Å². The monoisotopic (exact) mass is 347 g/mol. The second-order valence-corrected chi connectivity index (χ2v) is 7.09.